The van der Waals surface area contributed by atoms with E-state index in [0.29, 0.717) is 19.8 Å². The number of hydrogen-bond donors (Lipinski definition) is 0. The van der Waals surface area contributed by atoms with Crippen LogP contribution in [0.15, 0.2) is 0 Å². The van der Waals surface area contributed by atoms with Crippen molar-refractivity contribution in [1.29, 1.82) is 0 Å². The van der Waals surface area contributed by atoms with Gasteiger partial charge in [0.15, 0.2) is 16.6 Å². The van der Waals surface area contributed by atoms with Crippen LogP contribution in [-0.2, 0) is 35.5 Å². The lowest BCUT2D eigenvalue weighted by atomic mass is 10.4. The number of ether oxygens (including phenoxy) is 3. The van der Waals surface area contributed by atoms with Crippen LogP contribution in [-0.4, -0.2) is 81.3 Å². The van der Waals surface area contributed by atoms with Crippen LogP contribution in [0.1, 0.15) is 13.3 Å². The quantitative estimate of drug-likeness (QED) is 0.160. The lowest BCUT2D eigenvalue weighted by Gasteiger charge is -2.42. The molecule has 0 aliphatic rings. The molecule has 197 valence electrons. The van der Waals surface area contributed by atoms with Crippen molar-refractivity contribution in [3.05, 3.63) is 0 Å². The number of carbonyl (C=O) groups excluding carboxylic acids is 1. The topological polar surface area (TPSA) is 81.7 Å². The van der Waals surface area contributed by atoms with Gasteiger partial charge in [-0.1, -0.05) is 0 Å². The number of hydrogen-bond acceptors (Lipinski definition) is 8. The van der Waals surface area contributed by atoms with Gasteiger partial charge in [0.1, 0.15) is 6.61 Å². The van der Waals surface area contributed by atoms with Crippen LogP contribution in [0.4, 0.5) is 0 Å². The van der Waals surface area contributed by atoms with Crippen LogP contribution in [0.25, 0.3) is 0 Å². The first-order valence-corrected chi connectivity index (χ1v) is 26.7. The Morgan fingerprint density at radius 2 is 1.21 bits per heavy atom. The minimum absolute atomic E-state index is 0.0140. The van der Waals surface area contributed by atoms with Crippen molar-refractivity contribution in [3.63, 3.8) is 0 Å². The fourth-order valence-electron chi connectivity index (χ4n) is 3.92. The molecule has 1 unspecified atom stereocenters. The fourth-order valence-corrected chi connectivity index (χ4v) is 27.6. The Hall–Kier alpha value is 0.314. The van der Waals surface area contributed by atoms with E-state index in [9.17, 15) is 4.79 Å². The van der Waals surface area contributed by atoms with E-state index in [2.05, 4.69) is 76.8 Å². The molecule has 8 nitrogen and oxygen atoms in total. The highest BCUT2D eigenvalue weighted by Gasteiger charge is 2.45. The molecule has 0 aromatic carbocycles. The summed E-state index contributed by atoms with van der Waals surface area (Å²) in [6.07, 6.45) is 0.915. The van der Waals surface area contributed by atoms with Gasteiger partial charge in [-0.3, -0.25) is 0 Å². The summed E-state index contributed by atoms with van der Waals surface area (Å²) < 4.78 is 41.8. The SMILES string of the molecule is CC(COCCO[C]=O)OCCC[Si](C)(C)O[Si](C)(C)O[Si](C)(C)O[Si](C)(C)O[Si](C)(C)C. The third-order valence-electron chi connectivity index (χ3n) is 4.12. The normalized spacial score (nSPS) is 14.9. The predicted molar refractivity (Wildman–Crippen MR) is 145 cm³/mol. The summed E-state index contributed by atoms with van der Waals surface area (Å²) >= 11 is 0. The van der Waals surface area contributed by atoms with E-state index in [1.165, 1.54) is 6.47 Å². The molecule has 0 aromatic heterocycles. The maximum absolute atomic E-state index is 9.97. The molecule has 0 spiro atoms. The summed E-state index contributed by atoms with van der Waals surface area (Å²) in [6.45, 7) is 28.8. The first-order chi connectivity index (χ1) is 14.8. The highest BCUT2D eigenvalue weighted by Crippen LogP contribution is 2.27. The second kappa shape index (κ2) is 14.2. The Kier molecular flexibility index (Phi) is 14.3. The molecule has 33 heavy (non-hydrogen) atoms. The average Bonchev–Trinajstić information content (AvgIpc) is 2.52. The molecule has 0 heterocycles. The highest BCUT2D eigenvalue weighted by molar-refractivity contribution is 6.90. The minimum Gasteiger partial charge on any atom is -0.455 e. The van der Waals surface area contributed by atoms with Gasteiger partial charge in [-0.2, -0.15) is 0 Å². The molecule has 0 N–H and O–H groups in total. The van der Waals surface area contributed by atoms with Crippen molar-refractivity contribution in [2.75, 3.05) is 26.4 Å². The molecule has 0 rings (SSSR count). The van der Waals surface area contributed by atoms with Crippen LogP contribution < -0.4 is 0 Å². The predicted octanol–water partition coefficient (Wildman–Crippen LogP) is 5.09. The number of rotatable bonds is 19. The maximum Gasteiger partial charge on any atom is 0.417 e. The molecule has 0 aliphatic carbocycles. The zero-order chi connectivity index (χ0) is 26.0. The zero-order valence-electron chi connectivity index (χ0n) is 23.1. The first kappa shape index (κ1) is 33.3. The zero-order valence-corrected chi connectivity index (χ0v) is 28.1. The molecule has 0 bridgehead atoms. The van der Waals surface area contributed by atoms with Crippen LogP contribution >= 0.6 is 0 Å². The van der Waals surface area contributed by atoms with Gasteiger partial charge in [0, 0.05) is 6.61 Å². The Morgan fingerprint density at radius 3 is 1.73 bits per heavy atom. The lowest BCUT2D eigenvalue weighted by Crippen LogP contribution is -2.58. The molecule has 0 amide bonds. The van der Waals surface area contributed by atoms with Crippen LogP contribution in [0.5, 0.6) is 0 Å². The summed E-state index contributed by atoms with van der Waals surface area (Å²) in [5.41, 5.74) is 0. The lowest BCUT2D eigenvalue weighted by molar-refractivity contribution is -0.0136. The average molecular weight is 558 g/mol. The second-order valence-electron chi connectivity index (χ2n) is 11.3. The van der Waals surface area contributed by atoms with Crippen molar-refractivity contribution in [2.24, 2.45) is 0 Å². The molecule has 0 aliphatic heterocycles. The molecule has 1 radical (unpaired) electrons. The maximum atomic E-state index is 9.97. The van der Waals surface area contributed by atoms with Gasteiger partial charge in [-0.25, -0.2) is 4.79 Å². The van der Waals surface area contributed by atoms with Crippen LogP contribution in [0.3, 0.4) is 0 Å². The van der Waals surface area contributed by atoms with E-state index in [0.717, 1.165) is 12.5 Å². The first-order valence-electron chi connectivity index (χ1n) is 11.8. The Balaban J connectivity index is 4.49. The Morgan fingerprint density at radius 1 is 0.697 bits per heavy atom. The summed E-state index contributed by atoms with van der Waals surface area (Å²) in [4.78, 5) is 9.97. The smallest absolute Gasteiger partial charge is 0.417 e. The van der Waals surface area contributed by atoms with Gasteiger partial charge in [-0.15, -0.1) is 0 Å². The van der Waals surface area contributed by atoms with E-state index in [4.69, 9.17) is 25.9 Å². The van der Waals surface area contributed by atoms with E-state index in [1.807, 2.05) is 6.92 Å². The monoisotopic (exact) mass is 557 g/mol. The van der Waals surface area contributed by atoms with Crippen molar-refractivity contribution in [3.8, 4) is 0 Å². The van der Waals surface area contributed by atoms with Gasteiger partial charge < -0.3 is 30.7 Å². The van der Waals surface area contributed by atoms with Gasteiger partial charge in [-0.05, 0) is 91.4 Å². The third-order valence-corrected chi connectivity index (χ3v) is 22.1. The Bertz CT molecular complexity index is 567. The van der Waals surface area contributed by atoms with E-state index < -0.39 is 42.3 Å². The molecule has 0 saturated carbocycles. The summed E-state index contributed by atoms with van der Waals surface area (Å²) in [6, 6.07) is 0.991. The summed E-state index contributed by atoms with van der Waals surface area (Å²) in [5.74, 6) is 0. The molecule has 0 fully saturated rings. The van der Waals surface area contributed by atoms with Crippen molar-refractivity contribution >= 4 is 48.8 Å². The van der Waals surface area contributed by atoms with Crippen LogP contribution in [0.2, 0.25) is 78.1 Å². The summed E-state index contributed by atoms with van der Waals surface area (Å²) in [5, 5.41) is 0. The standard InChI is InChI=1S/C20H49O8Si5/c1-20(18-22-15-16-23-19-21)24-14-13-17-30(5,6)26-32(9,10)28-33(11,12)27-31(7,8)25-29(2,3)4/h20H,13-18H2,1-12H3. The van der Waals surface area contributed by atoms with Gasteiger partial charge in [0.2, 0.25) is 0 Å². The van der Waals surface area contributed by atoms with E-state index in [-0.39, 0.29) is 12.7 Å². The largest absolute Gasteiger partial charge is 0.455 e. The van der Waals surface area contributed by atoms with Crippen molar-refractivity contribution < 1.29 is 35.5 Å². The minimum atomic E-state index is -2.40. The van der Waals surface area contributed by atoms with Crippen LogP contribution in [0, 0.1) is 0 Å². The van der Waals surface area contributed by atoms with Crippen molar-refractivity contribution in [2.45, 2.75) is 97.5 Å². The van der Waals surface area contributed by atoms with Gasteiger partial charge in [0.05, 0.1) is 19.3 Å². The third kappa shape index (κ3) is 19.2. The highest BCUT2D eigenvalue weighted by atomic mass is 28.5. The molecular weight excluding hydrogens is 509 g/mol. The second-order valence-corrected chi connectivity index (χ2v) is 31.2. The van der Waals surface area contributed by atoms with E-state index in [1.54, 1.807) is 0 Å². The summed E-state index contributed by atoms with van der Waals surface area (Å²) in [7, 11) is -10.6. The van der Waals surface area contributed by atoms with Gasteiger partial charge in [0.25, 0.3) is 0 Å². The fraction of sp³-hybridized carbons (Fsp3) is 0.950. The molecule has 13 heteroatoms. The Labute approximate surface area is 208 Å². The molecule has 1 atom stereocenters. The molecular formula is C20H49O8Si5. The molecule has 0 saturated heterocycles. The van der Waals surface area contributed by atoms with E-state index >= 15 is 0 Å². The van der Waals surface area contributed by atoms with Crippen molar-refractivity contribution in [1.82, 2.24) is 0 Å². The van der Waals surface area contributed by atoms with Gasteiger partial charge >= 0.3 is 32.2 Å². The molecule has 0 aromatic rings.